The lowest BCUT2D eigenvalue weighted by Crippen LogP contribution is -2.10. The van der Waals surface area contributed by atoms with Crippen LogP contribution in [-0.4, -0.2) is 4.57 Å². The monoisotopic (exact) mass is 205 g/mol. The summed E-state index contributed by atoms with van der Waals surface area (Å²) in [7, 11) is 1.82. The molecule has 0 bridgehead atoms. The maximum Gasteiger partial charge on any atom is 0.307 e. The first-order chi connectivity index (χ1) is 6.77. The van der Waals surface area contributed by atoms with Crippen LogP contribution in [0.25, 0.3) is 0 Å². The van der Waals surface area contributed by atoms with E-state index >= 15 is 0 Å². The van der Waals surface area contributed by atoms with Crippen molar-refractivity contribution in [3.8, 4) is 0 Å². The van der Waals surface area contributed by atoms with E-state index in [1.54, 1.807) is 4.57 Å². The van der Waals surface area contributed by atoms with Gasteiger partial charge in [0.05, 0.1) is 0 Å². The maximum atomic E-state index is 11.2. The van der Waals surface area contributed by atoms with Crippen LogP contribution in [0.4, 0.5) is 0 Å². The van der Waals surface area contributed by atoms with E-state index in [0.717, 1.165) is 12.1 Å². The predicted octanol–water partition coefficient (Wildman–Crippen LogP) is 2.04. The number of benzene rings is 1. The van der Waals surface area contributed by atoms with E-state index in [1.165, 1.54) is 16.9 Å². The van der Waals surface area contributed by atoms with E-state index in [0.29, 0.717) is 0 Å². The Balaban J connectivity index is 2.28. The number of rotatable bonds is 2. The van der Waals surface area contributed by atoms with Crippen molar-refractivity contribution in [2.24, 2.45) is 7.05 Å². The zero-order valence-corrected chi connectivity index (χ0v) is 8.75. The van der Waals surface area contributed by atoms with Gasteiger partial charge in [0.1, 0.15) is 0 Å². The molecule has 0 aliphatic rings. The SMILES string of the molecule is Cn1c(Cc2ccccc2)csc1=O. The van der Waals surface area contributed by atoms with Gasteiger partial charge in [-0.05, 0) is 5.56 Å². The van der Waals surface area contributed by atoms with Gasteiger partial charge in [-0.25, -0.2) is 0 Å². The average Bonchev–Trinajstić information content (AvgIpc) is 2.52. The molecule has 0 unspecified atom stereocenters. The summed E-state index contributed by atoms with van der Waals surface area (Å²) in [5.41, 5.74) is 2.31. The number of hydrogen-bond donors (Lipinski definition) is 0. The van der Waals surface area contributed by atoms with Crippen LogP contribution in [0.15, 0.2) is 40.5 Å². The summed E-state index contributed by atoms with van der Waals surface area (Å²) in [5.74, 6) is 0. The molecule has 0 fully saturated rings. The zero-order valence-electron chi connectivity index (χ0n) is 7.93. The van der Waals surface area contributed by atoms with Crippen molar-refractivity contribution >= 4 is 11.3 Å². The van der Waals surface area contributed by atoms with Gasteiger partial charge >= 0.3 is 4.87 Å². The molecule has 0 amide bonds. The van der Waals surface area contributed by atoms with Gasteiger partial charge in [0.15, 0.2) is 0 Å². The van der Waals surface area contributed by atoms with Crippen LogP contribution in [0, 0.1) is 0 Å². The summed E-state index contributed by atoms with van der Waals surface area (Å²) in [4.78, 5) is 11.3. The minimum atomic E-state index is 0.107. The third kappa shape index (κ3) is 1.77. The molecule has 0 spiro atoms. The Kier molecular flexibility index (Phi) is 2.50. The molecule has 2 aromatic rings. The molecule has 0 radical (unpaired) electrons. The van der Waals surface area contributed by atoms with Crippen molar-refractivity contribution < 1.29 is 0 Å². The molecule has 3 heteroatoms. The summed E-state index contributed by atoms with van der Waals surface area (Å²) in [6.45, 7) is 0. The fraction of sp³-hybridized carbons (Fsp3) is 0.182. The summed E-state index contributed by atoms with van der Waals surface area (Å²) in [6, 6.07) is 10.2. The highest BCUT2D eigenvalue weighted by molar-refractivity contribution is 7.07. The quantitative estimate of drug-likeness (QED) is 0.735. The van der Waals surface area contributed by atoms with Crippen molar-refractivity contribution in [3.63, 3.8) is 0 Å². The Morgan fingerprint density at radius 1 is 1.29 bits per heavy atom. The highest BCUT2D eigenvalue weighted by Gasteiger charge is 2.02. The molecule has 14 heavy (non-hydrogen) atoms. The molecule has 0 atom stereocenters. The van der Waals surface area contributed by atoms with Gasteiger partial charge in [0.25, 0.3) is 0 Å². The lowest BCUT2D eigenvalue weighted by molar-refractivity contribution is 0.825. The van der Waals surface area contributed by atoms with Gasteiger partial charge in [-0.2, -0.15) is 0 Å². The third-order valence-corrected chi connectivity index (χ3v) is 3.09. The minimum Gasteiger partial charge on any atom is -0.306 e. The second-order valence-corrected chi connectivity index (χ2v) is 4.03. The smallest absolute Gasteiger partial charge is 0.306 e. The molecule has 0 aliphatic heterocycles. The molecule has 0 N–H and O–H groups in total. The first-order valence-corrected chi connectivity index (χ1v) is 5.32. The molecule has 72 valence electrons. The van der Waals surface area contributed by atoms with Crippen LogP contribution in [0.5, 0.6) is 0 Å². The Hall–Kier alpha value is -1.35. The van der Waals surface area contributed by atoms with E-state index in [9.17, 15) is 4.79 Å². The molecular weight excluding hydrogens is 194 g/mol. The maximum absolute atomic E-state index is 11.2. The highest BCUT2D eigenvalue weighted by atomic mass is 32.1. The van der Waals surface area contributed by atoms with E-state index in [-0.39, 0.29) is 4.87 Å². The molecule has 1 aromatic heterocycles. The molecule has 1 aromatic carbocycles. The van der Waals surface area contributed by atoms with E-state index in [4.69, 9.17) is 0 Å². The molecule has 2 nitrogen and oxygen atoms in total. The lowest BCUT2D eigenvalue weighted by atomic mass is 10.1. The first-order valence-electron chi connectivity index (χ1n) is 4.44. The van der Waals surface area contributed by atoms with Crippen molar-refractivity contribution in [2.45, 2.75) is 6.42 Å². The summed E-state index contributed by atoms with van der Waals surface area (Å²) in [6.07, 6.45) is 0.829. The van der Waals surface area contributed by atoms with Gasteiger partial charge in [0.2, 0.25) is 0 Å². The van der Waals surface area contributed by atoms with Crippen LogP contribution in [0.3, 0.4) is 0 Å². The summed E-state index contributed by atoms with van der Waals surface area (Å²) < 4.78 is 1.71. The van der Waals surface area contributed by atoms with Gasteiger partial charge in [-0.15, -0.1) is 0 Å². The van der Waals surface area contributed by atoms with Gasteiger partial charge in [-0.1, -0.05) is 41.7 Å². The topological polar surface area (TPSA) is 22.0 Å². The van der Waals surface area contributed by atoms with Crippen molar-refractivity contribution in [1.29, 1.82) is 0 Å². The molecular formula is C11H11NOS. The predicted molar refractivity (Wildman–Crippen MR) is 58.8 cm³/mol. The minimum absolute atomic E-state index is 0.107. The Morgan fingerprint density at radius 3 is 2.57 bits per heavy atom. The molecule has 0 saturated heterocycles. The lowest BCUT2D eigenvalue weighted by Gasteiger charge is -2.01. The normalized spacial score (nSPS) is 10.4. The fourth-order valence-corrected chi connectivity index (χ4v) is 2.11. The zero-order chi connectivity index (χ0) is 9.97. The Labute approximate surface area is 86.4 Å². The third-order valence-electron chi connectivity index (χ3n) is 2.23. The highest BCUT2D eigenvalue weighted by Crippen LogP contribution is 2.08. The number of aromatic nitrogens is 1. The van der Waals surface area contributed by atoms with E-state index in [2.05, 4.69) is 12.1 Å². The van der Waals surface area contributed by atoms with Gasteiger partial charge in [-0.3, -0.25) is 4.79 Å². The van der Waals surface area contributed by atoms with Crippen LogP contribution < -0.4 is 4.87 Å². The van der Waals surface area contributed by atoms with Crippen LogP contribution in [0.2, 0.25) is 0 Å². The molecule has 0 saturated carbocycles. The second-order valence-electron chi connectivity index (χ2n) is 3.21. The van der Waals surface area contributed by atoms with Crippen molar-refractivity contribution in [1.82, 2.24) is 4.57 Å². The number of thiazole rings is 1. The molecule has 1 heterocycles. The largest absolute Gasteiger partial charge is 0.307 e. The first kappa shape index (κ1) is 9.21. The molecule has 2 rings (SSSR count). The van der Waals surface area contributed by atoms with E-state index < -0.39 is 0 Å². The summed E-state index contributed by atoms with van der Waals surface area (Å²) >= 11 is 1.26. The van der Waals surface area contributed by atoms with E-state index in [1.807, 2.05) is 30.6 Å². The standard InChI is InChI=1S/C11H11NOS/c1-12-10(8-14-11(12)13)7-9-5-3-2-4-6-9/h2-6,8H,7H2,1H3. The molecule has 0 aliphatic carbocycles. The number of nitrogens with zero attached hydrogens (tertiary/aromatic N) is 1. The number of hydrogen-bond acceptors (Lipinski definition) is 2. The van der Waals surface area contributed by atoms with Gasteiger partial charge < -0.3 is 4.57 Å². The van der Waals surface area contributed by atoms with Crippen molar-refractivity contribution in [3.05, 3.63) is 56.6 Å². The van der Waals surface area contributed by atoms with Gasteiger partial charge in [0, 0.05) is 24.5 Å². The second kappa shape index (κ2) is 3.80. The van der Waals surface area contributed by atoms with Crippen LogP contribution in [-0.2, 0) is 13.5 Å². The Morgan fingerprint density at radius 2 is 2.00 bits per heavy atom. The fourth-order valence-electron chi connectivity index (χ4n) is 1.36. The van der Waals surface area contributed by atoms with Crippen molar-refractivity contribution in [2.75, 3.05) is 0 Å². The Bertz CT molecular complexity index is 470. The van der Waals surface area contributed by atoms with Crippen LogP contribution >= 0.6 is 11.3 Å². The van der Waals surface area contributed by atoms with Crippen LogP contribution in [0.1, 0.15) is 11.3 Å². The summed E-state index contributed by atoms with van der Waals surface area (Å²) in [5, 5.41) is 1.93. The average molecular weight is 205 g/mol.